The van der Waals surface area contributed by atoms with Gasteiger partial charge in [0.2, 0.25) is 5.91 Å². The Morgan fingerprint density at radius 1 is 0.962 bits per heavy atom. The van der Waals surface area contributed by atoms with Gasteiger partial charge in [-0.05, 0) is 42.0 Å². The number of benzene rings is 2. The molecule has 0 N–H and O–H groups in total. The molecule has 0 bridgehead atoms. The van der Waals surface area contributed by atoms with Crippen molar-refractivity contribution >= 4 is 5.91 Å². The van der Waals surface area contributed by atoms with Gasteiger partial charge < -0.3 is 9.32 Å². The second-order valence-electron chi connectivity index (χ2n) is 6.93. The Morgan fingerprint density at radius 3 is 2.38 bits per heavy atom. The van der Waals surface area contributed by atoms with Crippen molar-refractivity contribution in [3.8, 4) is 0 Å². The average molecular weight is 345 g/mol. The van der Waals surface area contributed by atoms with E-state index in [-0.39, 0.29) is 11.8 Å². The van der Waals surface area contributed by atoms with Crippen molar-refractivity contribution in [2.45, 2.75) is 25.3 Å². The summed E-state index contributed by atoms with van der Waals surface area (Å²) in [5.41, 5.74) is 2.52. The highest BCUT2D eigenvalue weighted by molar-refractivity contribution is 5.83. The van der Waals surface area contributed by atoms with Gasteiger partial charge in [-0.15, -0.1) is 0 Å². The molecular formula is C23H23NO2. The van der Waals surface area contributed by atoms with Crippen LogP contribution in [0.1, 0.15) is 29.2 Å². The number of nitrogens with zero attached hydrogens (tertiary/aromatic N) is 1. The molecule has 26 heavy (non-hydrogen) atoms. The van der Waals surface area contributed by atoms with Crippen LogP contribution in [0.3, 0.4) is 0 Å². The third-order valence-corrected chi connectivity index (χ3v) is 5.09. The molecule has 3 nitrogen and oxygen atoms in total. The van der Waals surface area contributed by atoms with E-state index in [2.05, 4.69) is 24.3 Å². The van der Waals surface area contributed by atoms with Gasteiger partial charge in [-0.3, -0.25) is 4.79 Å². The SMILES string of the molecule is O=C([C@@H]1C[C@H]1c1ccccc1)N(CCc1ccccc1)Cc1ccco1. The van der Waals surface area contributed by atoms with Gasteiger partial charge in [-0.25, -0.2) is 0 Å². The van der Waals surface area contributed by atoms with Crippen molar-refractivity contribution < 1.29 is 9.21 Å². The van der Waals surface area contributed by atoms with E-state index >= 15 is 0 Å². The predicted molar refractivity (Wildman–Crippen MR) is 102 cm³/mol. The first-order chi connectivity index (χ1) is 12.8. The van der Waals surface area contributed by atoms with Gasteiger partial charge in [0.05, 0.1) is 12.8 Å². The lowest BCUT2D eigenvalue weighted by molar-refractivity contribution is -0.133. The first kappa shape index (κ1) is 16.6. The van der Waals surface area contributed by atoms with Crippen LogP contribution in [0.2, 0.25) is 0 Å². The van der Waals surface area contributed by atoms with E-state index in [0.717, 1.165) is 18.6 Å². The summed E-state index contributed by atoms with van der Waals surface area (Å²) >= 11 is 0. The number of rotatable bonds is 7. The molecule has 3 heteroatoms. The lowest BCUT2D eigenvalue weighted by atomic mass is 10.1. The predicted octanol–water partition coefficient (Wildman–Crippen LogP) is 4.65. The smallest absolute Gasteiger partial charge is 0.226 e. The van der Waals surface area contributed by atoms with E-state index < -0.39 is 0 Å². The first-order valence-corrected chi connectivity index (χ1v) is 9.21. The van der Waals surface area contributed by atoms with Crippen LogP contribution in [0.4, 0.5) is 0 Å². The second-order valence-corrected chi connectivity index (χ2v) is 6.93. The fourth-order valence-corrected chi connectivity index (χ4v) is 3.54. The molecule has 0 radical (unpaired) electrons. The number of amides is 1. The van der Waals surface area contributed by atoms with Crippen LogP contribution in [-0.2, 0) is 17.8 Å². The second kappa shape index (κ2) is 7.61. The van der Waals surface area contributed by atoms with Crippen molar-refractivity contribution in [3.63, 3.8) is 0 Å². The largest absolute Gasteiger partial charge is 0.467 e. The molecule has 4 rings (SSSR count). The molecule has 1 amide bonds. The standard InChI is InChI=1S/C23H23NO2/c25-23(22-16-21(22)19-10-5-2-6-11-19)24(17-20-12-7-15-26-20)14-13-18-8-3-1-4-9-18/h1-12,15,21-22H,13-14,16-17H2/t21-,22+/m0/s1. The van der Waals surface area contributed by atoms with Crippen LogP contribution in [0.5, 0.6) is 0 Å². The van der Waals surface area contributed by atoms with E-state index in [0.29, 0.717) is 19.0 Å². The highest BCUT2D eigenvalue weighted by atomic mass is 16.3. The van der Waals surface area contributed by atoms with Crippen molar-refractivity contribution in [1.29, 1.82) is 0 Å². The zero-order valence-corrected chi connectivity index (χ0v) is 14.8. The average Bonchev–Trinajstić information content (AvgIpc) is 3.34. The minimum Gasteiger partial charge on any atom is -0.467 e. The van der Waals surface area contributed by atoms with Crippen molar-refractivity contribution in [2.24, 2.45) is 5.92 Å². The Hall–Kier alpha value is -2.81. The van der Waals surface area contributed by atoms with Crippen LogP contribution < -0.4 is 0 Å². The van der Waals surface area contributed by atoms with Gasteiger partial charge in [0, 0.05) is 12.5 Å². The molecule has 0 aliphatic heterocycles. The van der Waals surface area contributed by atoms with E-state index in [1.54, 1.807) is 6.26 Å². The third-order valence-electron chi connectivity index (χ3n) is 5.09. The van der Waals surface area contributed by atoms with E-state index in [1.165, 1.54) is 11.1 Å². The zero-order chi connectivity index (χ0) is 17.8. The molecule has 1 fully saturated rings. The number of carbonyl (C=O) groups is 1. The molecule has 0 unspecified atom stereocenters. The molecule has 1 heterocycles. The van der Waals surface area contributed by atoms with Gasteiger partial charge in [0.25, 0.3) is 0 Å². The van der Waals surface area contributed by atoms with Crippen molar-refractivity contribution in [1.82, 2.24) is 4.90 Å². The maximum absolute atomic E-state index is 13.1. The molecule has 0 spiro atoms. The Morgan fingerprint density at radius 2 is 1.69 bits per heavy atom. The van der Waals surface area contributed by atoms with Gasteiger partial charge >= 0.3 is 0 Å². The first-order valence-electron chi connectivity index (χ1n) is 9.21. The summed E-state index contributed by atoms with van der Waals surface area (Å²) in [6, 6.07) is 24.5. The van der Waals surface area contributed by atoms with Gasteiger partial charge in [0.1, 0.15) is 5.76 Å². The van der Waals surface area contributed by atoms with E-state index in [1.807, 2.05) is 53.4 Å². The summed E-state index contributed by atoms with van der Waals surface area (Å²) in [5, 5.41) is 0. The lowest BCUT2D eigenvalue weighted by Crippen LogP contribution is -2.33. The van der Waals surface area contributed by atoms with Crippen LogP contribution in [-0.4, -0.2) is 17.4 Å². The fourth-order valence-electron chi connectivity index (χ4n) is 3.54. The summed E-state index contributed by atoms with van der Waals surface area (Å²) < 4.78 is 5.48. The molecule has 2 aromatic carbocycles. The van der Waals surface area contributed by atoms with Crippen molar-refractivity contribution in [3.05, 3.63) is 95.9 Å². The molecular weight excluding hydrogens is 322 g/mol. The van der Waals surface area contributed by atoms with Gasteiger partial charge in [-0.2, -0.15) is 0 Å². The topological polar surface area (TPSA) is 33.5 Å². The summed E-state index contributed by atoms with van der Waals surface area (Å²) in [5.74, 6) is 1.54. The maximum Gasteiger partial charge on any atom is 0.226 e. The maximum atomic E-state index is 13.1. The van der Waals surface area contributed by atoms with Crippen LogP contribution in [0, 0.1) is 5.92 Å². The number of carbonyl (C=O) groups excluding carboxylic acids is 1. The van der Waals surface area contributed by atoms with Crippen LogP contribution in [0.25, 0.3) is 0 Å². The minimum atomic E-state index is 0.100. The van der Waals surface area contributed by atoms with Crippen LogP contribution >= 0.6 is 0 Å². The quantitative estimate of drug-likeness (QED) is 0.624. The minimum absolute atomic E-state index is 0.100. The van der Waals surface area contributed by atoms with E-state index in [4.69, 9.17) is 4.42 Å². The molecule has 1 aliphatic rings. The summed E-state index contributed by atoms with van der Waals surface area (Å²) in [7, 11) is 0. The highest BCUT2D eigenvalue weighted by Crippen LogP contribution is 2.48. The Balaban J connectivity index is 1.44. The third kappa shape index (κ3) is 3.88. The molecule has 0 saturated heterocycles. The molecule has 1 aromatic heterocycles. The number of hydrogen-bond donors (Lipinski definition) is 0. The molecule has 1 saturated carbocycles. The molecule has 3 aromatic rings. The number of furan rings is 1. The monoisotopic (exact) mass is 345 g/mol. The normalized spacial score (nSPS) is 18.5. The van der Waals surface area contributed by atoms with Gasteiger partial charge in [-0.1, -0.05) is 60.7 Å². The fraction of sp³-hybridized carbons (Fsp3) is 0.261. The Kier molecular flexibility index (Phi) is 4.87. The Labute approximate surface area is 154 Å². The highest BCUT2D eigenvalue weighted by Gasteiger charge is 2.45. The van der Waals surface area contributed by atoms with E-state index in [9.17, 15) is 4.79 Å². The summed E-state index contributed by atoms with van der Waals surface area (Å²) in [6.07, 6.45) is 3.47. The zero-order valence-electron chi connectivity index (χ0n) is 14.8. The Bertz CT molecular complexity index is 827. The van der Waals surface area contributed by atoms with Crippen molar-refractivity contribution in [2.75, 3.05) is 6.54 Å². The molecule has 2 atom stereocenters. The lowest BCUT2D eigenvalue weighted by Gasteiger charge is -2.22. The molecule has 132 valence electrons. The van der Waals surface area contributed by atoms with Gasteiger partial charge in [0.15, 0.2) is 0 Å². The summed E-state index contributed by atoms with van der Waals surface area (Å²) in [6.45, 7) is 1.25. The molecule has 1 aliphatic carbocycles. The summed E-state index contributed by atoms with van der Waals surface area (Å²) in [4.78, 5) is 15.1. The van der Waals surface area contributed by atoms with Crippen LogP contribution in [0.15, 0.2) is 83.5 Å². The number of hydrogen-bond acceptors (Lipinski definition) is 2.